The molecule has 0 aliphatic rings. The highest BCUT2D eigenvalue weighted by atomic mass is 19.1. The molecule has 4 aromatic rings. The zero-order chi connectivity index (χ0) is 21.4. The van der Waals surface area contributed by atoms with Gasteiger partial charge in [0, 0.05) is 12.6 Å². The number of nitrogens with zero attached hydrogens (tertiary/aromatic N) is 5. The molecule has 0 fully saturated rings. The van der Waals surface area contributed by atoms with Crippen molar-refractivity contribution in [3.8, 4) is 11.8 Å². The second-order valence-electron chi connectivity index (χ2n) is 7.22. The Hall–Kier alpha value is -3.99. The average Bonchev–Trinajstić information content (AvgIpc) is 3.11. The first-order valence-electron chi connectivity index (χ1n) is 9.38. The maximum Gasteiger partial charge on any atom is 0.337 e. The minimum atomic E-state index is -0.579. The number of rotatable bonds is 4. The maximum absolute atomic E-state index is 13.9. The molecule has 2 heterocycles. The summed E-state index contributed by atoms with van der Waals surface area (Å²) in [5.41, 5.74) is 0.951. The second kappa shape index (κ2) is 7.44. The van der Waals surface area contributed by atoms with Gasteiger partial charge in [0.2, 0.25) is 0 Å². The monoisotopic (exact) mass is 403 g/mol. The number of aromatic nitrogens is 4. The lowest BCUT2D eigenvalue weighted by Crippen LogP contribution is -2.41. The molecular weight excluding hydrogens is 385 g/mol. The lowest BCUT2D eigenvalue weighted by Gasteiger charge is -2.15. The largest absolute Gasteiger partial charge is 0.337 e. The molecule has 0 unspecified atom stereocenters. The zero-order valence-corrected chi connectivity index (χ0v) is 16.4. The minimum absolute atomic E-state index is 0.156. The fraction of sp³-hybridized carbons (Fsp3) is 0.182. The summed E-state index contributed by atoms with van der Waals surface area (Å²) < 4.78 is 17.9. The van der Waals surface area contributed by atoms with E-state index in [0.717, 1.165) is 10.1 Å². The zero-order valence-electron chi connectivity index (χ0n) is 16.4. The van der Waals surface area contributed by atoms with Crippen molar-refractivity contribution in [3.63, 3.8) is 0 Å². The first kappa shape index (κ1) is 19.3. The van der Waals surface area contributed by atoms with Crippen LogP contribution >= 0.6 is 0 Å². The van der Waals surface area contributed by atoms with E-state index in [0.29, 0.717) is 12.1 Å². The van der Waals surface area contributed by atoms with Gasteiger partial charge >= 0.3 is 5.69 Å². The molecule has 4 rings (SSSR count). The van der Waals surface area contributed by atoms with Crippen LogP contribution in [0.15, 0.2) is 64.4 Å². The second-order valence-corrected chi connectivity index (χ2v) is 7.22. The molecule has 0 atom stereocenters. The molecule has 150 valence electrons. The van der Waals surface area contributed by atoms with Gasteiger partial charge in [-0.05, 0) is 49.7 Å². The third-order valence-electron chi connectivity index (χ3n) is 4.84. The number of fused-ring (bicyclic) bond motifs is 1. The number of benzene rings is 2. The first-order valence-corrected chi connectivity index (χ1v) is 9.38. The summed E-state index contributed by atoms with van der Waals surface area (Å²) in [5, 5.41) is 9.13. The smallest absolute Gasteiger partial charge is 0.320 e. The molecule has 0 saturated heterocycles. The Bertz CT molecular complexity index is 1420. The van der Waals surface area contributed by atoms with Crippen LogP contribution in [0.3, 0.4) is 0 Å². The molecule has 7 nitrogen and oxygen atoms in total. The van der Waals surface area contributed by atoms with Crippen LogP contribution in [-0.4, -0.2) is 18.7 Å². The van der Waals surface area contributed by atoms with Crippen molar-refractivity contribution in [1.29, 1.82) is 5.26 Å². The molecule has 2 aromatic carbocycles. The van der Waals surface area contributed by atoms with E-state index >= 15 is 0 Å². The Morgan fingerprint density at radius 1 is 1.13 bits per heavy atom. The van der Waals surface area contributed by atoms with Gasteiger partial charge in [0.1, 0.15) is 5.82 Å². The van der Waals surface area contributed by atoms with Crippen molar-refractivity contribution < 1.29 is 4.39 Å². The molecular formula is C22H18FN5O2. The van der Waals surface area contributed by atoms with Crippen molar-refractivity contribution in [2.24, 2.45) is 0 Å². The molecule has 0 aliphatic heterocycles. The van der Waals surface area contributed by atoms with Crippen LogP contribution in [0.5, 0.6) is 0 Å². The Kier molecular flexibility index (Phi) is 4.80. The van der Waals surface area contributed by atoms with Gasteiger partial charge in [-0.3, -0.25) is 9.36 Å². The minimum Gasteiger partial charge on any atom is -0.320 e. The molecule has 0 aliphatic carbocycles. The third kappa shape index (κ3) is 3.20. The van der Waals surface area contributed by atoms with Crippen LogP contribution in [0.1, 0.15) is 31.0 Å². The van der Waals surface area contributed by atoms with E-state index < -0.39 is 23.1 Å². The standard InChI is InChI=1S/C22H18FN5O2/c1-14(2)27-21(29)19-20(28(22(27)30)18-8-4-7-17(23)10-18)25-13-26(19)12-16-6-3-5-15(9-16)11-24/h3-10,13-14H,12H2,1-2H3. The van der Waals surface area contributed by atoms with E-state index in [4.69, 9.17) is 5.26 Å². The topological polar surface area (TPSA) is 85.6 Å². The summed E-state index contributed by atoms with van der Waals surface area (Å²) in [7, 11) is 0. The van der Waals surface area contributed by atoms with Crippen LogP contribution in [0.25, 0.3) is 16.9 Å². The van der Waals surface area contributed by atoms with Crippen molar-refractivity contribution in [1.82, 2.24) is 18.7 Å². The summed E-state index contributed by atoms with van der Waals surface area (Å²) >= 11 is 0. The third-order valence-corrected chi connectivity index (χ3v) is 4.84. The quantitative estimate of drug-likeness (QED) is 0.524. The molecule has 0 bridgehead atoms. The lowest BCUT2D eigenvalue weighted by molar-refractivity contribution is 0.538. The van der Waals surface area contributed by atoms with Gasteiger partial charge in [0.15, 0.2) is 11.2 Å². The Morgan fingerprint density at radius 2 is 1.90 bits per heavy atom. The number of nitriles is 1. The van der Waals surface area contributed by atoms with E-state index in [1.165, 1.54) is 29.1 Å². The predicted octanol–water partition coefficient (Wildman–Crippen LogP) is 2.99. The van der Waals surface area contributed by atoms with Crippen molar-refractivity contribution in [3.05, 3.63) is 92.6 Å². The Balaban J connectivity index is 2.01. The van der Waals surface area contributed by atoms with E-state index in [1.54, 1.807) is 42.7 Å². The van der Waals surface area contributed by atoms with Gasteiger partial charge in [-0.15, -0.1) is 0 Å². The van der Waals surface area contributed by atoms with Gasteiger partial charge in [-0.2, -0.15) is 5.26 Å². The maximum atomic E-state index is 13.9. The van der Waals surface area contributed by atoms with E-state index in [9.17, 15) is 14.0 Å². The van der Waals surface area contributed by atoms with Crippen molar-refractivity contribution >= 4 is 11.2 Å². The molecule has 8 heteroatoms. The summed E-state index contributed by atoms with van der Waals surface area (Å²) in [6.07, 6.45) is 1.48. The highest BCUT2D eigenvalue weighted by Crippen LogP contribution is 2.16. The fourth-order valence-corrected chi connectivity index (χ4v) is 3.51. The Labute approximate surface area is 170 Å². The molecule has 0 saturated carbocycles. The van der Waals surface area contributed by atoms with Crippen LogP contribution in [0.4, 0.5) is 4.39 Å². The van der Waals surface area contributed by atoms with Gasteiger partial charge < -0.3 is 4.57 Å². The molecule has 0 spiro atoms. The van der Waals surface area contributed by atoms with Crippen LogP contribution < -0.4 is 11.2 Å². The van der Waals surface area contributed by atoms with E-state index in [2.05, 4.69) is 11.1 Å². The van der Waals surface area contributed by atoms with Crippen molar-refractivity contribution in [2.75, 3.05) is 0 Å². The highest BCUT2D eigenvalue weighted by molar-refractivity contribution is 5.72. The lowest BCUT2D eigenvalue weighted by atomic mass is 10.1. The van der Waals surface area contributed by atoms with Crippen molar-refractivity contribution in [2.45, 2.75) is 26.4 Å². The first-order chi connectivity index (χ1) is 14.4. The molecule has 0 N–H and O–H groups in total. The molecule has 0 amide bonds. The molecule has 30 heavy (non-hydrogen) atoms. The SMILES string of the molecule is CC(C)n1c(=O)c2c(ncn2Cc2cccc(C#N)c2)n(-c2cccc(F)c2)c1=O. The van der Waals surface area contributed by atoms with Gasteiger partial charge in [-0.25, -0.2) is 18.7 Å². The van der Waals surface area contributed by atoms with E-state index in [1.807, 2.05) is 6.07 Å². The molecule has 2 aromatic heterocycles. The molecule has 0 radical (unpaired) electrons. The van der Waals surface area contributed by atoms with Crippen LogP contribution in [-0.2, 0) is 6.54 Å². The predicted molar refractivity (Wildman–Crippen MR) is 110 cm³/mol. The highest BCUT2D eigenvalue weighted by Gasteiger charge is 2.21. The van der Waals surface area contributed by atoms with E-state index in [-0.39, 0.29) is 16.9 Å². The number of halogens is 1. The van der Waals surface area contributed by atoms with Crippen LogP contribution in [0.2, 0.25) is 0 Å². The average molecular weight is 403 g/mol. The number of imidazole rings is 1. The summed E-state index contributed by atoms with van der Waals surface area (Å²) in [6.45, 7) is 3.77. The van der Waals surface area contributed by atoms with Crippen LogP contribution in [0, 0.1) is 17.1 Å². The summed E-state index contributed by atoms with van der Waals surface area (Å²) in [4.78, 5) is 30.6. The Morgan fingerprint density at radius 3 is 2.60 bits per heavy atom. The summed E-state index contributed by atoms with van der Waals surface area (Å²) in [5.74, 6) is -0.498. The van der Waals surface area contributed by atoms with Gasteiger partial charge in [-0.1, -0.05) is 18.2 Å². The fourth-order valence-electron chi connectivity index (χ4n) is 3.51. The number of hydrogen-bond donors (Lipinski definition) is 0. The normalized spacial score (nSPS) is 11.2. The van der Waals surface area contributed by atoms with Gasteiger partial charge in [0.05, 0.1) is 23.6 Å². The number of hydrogen-bond acceptors (Lipinski definition) is 4. The summed E-state index contributed by atoms with van der Waals surface area (Å²) in [6, 6.07) is 14.3. The van der Waals surface area contributed by atoms with Gasteiger partial charge in [0.25, 0.3) is 5.56 Å².